The first kappa shape index (κ1) is 11.9. The maximum Gasteiger partial charge on any atom is 0.337 e. The first-order valence-corrected chi connectivity index (χ1v) is 6.02. The summed E-state index contributed by atoms with van der Waals surface area (Å²) in [5.74, 6) is 1.37. The lowest BCUT2D eigenvalue weighted by Crippen LogP contribution is -2.22. The number of carboxylic acids is 1. The van der Waals surface area contributed by atoms with Crippen molar-refractivity contribution < 1.29 is 9.90 Å². The zero-order valence-electron chi connectivity index (χ0n) is 10.3. The number of hydrogen-bond donors (Lipinski definition) is 1. The summed E-state index contributed by atoms with van der Waals surface area (Å²) in [7, 11) is 0. The van der Waals surface area contributed by atoms with Crippen LogP contribution in [0.25, 0.3) is 0 Å². The van der Waals surface area contributed by atoms with Gasteiger partial charge in [0.15, 0.2) is 0 Å². The van der Waals surface area contributed by atoms with Crippen LogP contribution in [0, 0.1) is 11.8 Å². The minimum absolute atomic E-state index is 0.244. The van der Waals surface area contributed by atoms with Gasteiger partial charge in [-0.05, 0) is 30.4 Å². The summed E-state index contributed by atoms with van der Waals surface area (Å²) in [6.45, 7) is 6.53. The molecular formula is C13H18N2O2. The second-order valence-corrected chi connectivity index (χ2v) is 4.95. The third-order valence-electron chi connectivity index (χ3n) is 3.49. The van der Waals surface area contributed by atoms with Crippen molar-refractivity contribution >= 4 is 11.8 Å². The van der Waals surface area contributed by atoms with E-state index < -0.39 is 5.97 Å². The van der Waals surface area contributed by atoms with E-state index in [2.05, 4.69) is 23.7 Å². The van der Waals surface area contributed by atoms with Gasteiger partial charge < -0.3 is 10.0 Å². The number of aromatic nitrogens is 1. The van der Waals surface area contributed by atoms with E-state index in [9.17, 15) is 4.79 Å². The highest BCUT2D eigenvalue weighted by molar-refractivity contribution is 5.87. The van der Waals surface area contributed by atoms with Crippen molar-refractivity contribution in [1.82, 2.24) is 4.98 Å². The first-order chi connectivity index (χ1) is 8.08. The zero-order chi connectivity index (χ0) is 12.4. The fourth-order valence-electron chi connectivity index (χ4n) is 2.24. The summed E-state index contributed by atoms with van der Waals surface area (Å²) >= 11 is 0. The molecule has 0 aromatic carbocycles. The fraction of sp³-hybridized carbons (Fsp3) is 0.538. The van der Waals surface area contributed by atoms with E-state index in [1.807, 2.05) is 0 Å². The van der Waals surface area contributed by atoms with E-state index in [4.69, 9.17) is 5.11 Å². The average Bonchev–Trinajstić information content (AvgIpc) is 2.78. The summed E-state index contributed by atoms with van der Waals surface area (Å²) in [5.41, 5.74) is 0.244. The fourth-order valence-corrected chi connectivity index (χ4v) is 2.24. The molecule has 0 bridgehead atoms. The van der Waals surface area contributed by atoms with E-state index in [1.165, 1.54) is 12.6 Å². The molecule has 0 saturated carbocycles. The molecular weight excluding hydrogens is 216 g/mol. The van der Waals surface area contributed by atoms with E-state index in [0.717, 1.165) is 24.8 Å². The number of hydrogen-bond acceptors (Lipinski definition) is 3. The van der Waals surface area contributed by atoms with Crippen molar-refractivity contribution in [2.45, 2.75) is 20.3 Å². The number of anilines is 1. The van der Waals surface area contributed by atoms with Crippen LogP contribution >= 0.6 is 0 Å². The minimum Gasteiger partial charge on any atom is -0.478 e. The highest BCUT2D eigenvalue weighted by Crippen LogP contribution is 2.26. The highest BCUT2D eigenvalue weighted by atomic mass is 16.4. The predicted octanol–water partition coefficient (Wildman–Crippen LogP) is 2.26. The normalized spacial score (nSPS) is 19.9. The summed E-state index contributed by atoms with van der Waals surface area (Å²) in [6, 6.07) is 3.42. The van der Waals surface area contributed by atoms with Gasteiger partial charge in [-0.3, -0.25) is 0 Å². The second kappa shape index (κ2) is 4.73. The summed E-state index contributed by atoms with van der Waals surface area (Å²) in [4.78, 5) is 17.2. The maximum absolute atomic E-state index is 10.7. The SMILES string of the molecule is CC(C)C1CCN(c2ccc(C(=O)O)cn2)C1. The molecule has 1 N–H and O–H groups in total. The molecule has 17 heavy (non-hydrogen) atoms. The standard InChI is InChI=1S/C13H18N2O2/c1-9(2)11-5-6-15(8-11)12-4-3-10(7-14-12)13(16)17/h3-4,7,9,11H,5-6,8H2,1-2H3,(H,16,17). The van der Waals surface area contributed by atoms with Crippen LogP contribution < -0.4 is 4.90 Å². The molecule has 0 aliphatic carbocycles. The molecule has 4 nitrogen and oxygen atoms in total. The van der Waals surface area contributed by atoms with Crippen LogP contribution in [0.2, 0.25) is 0 Å². The van der Waals surface area contributed by atoms with Crippen LogP contribution in [0.5, 0.6) is 0 Å². The lowest BCUT2D eigenvalue weighted by Gasteiger charge is -2.18. The Kier molecular flexibility index (Phi) is 3.31. The van der Waals surface area contributed by atoms with Crippen molar-refractivity contribution in [3.05, 3.63) is 23.9 Å². The molecule has 1 saturated heterocycles. The van der Waals surface area contributed by atoms with Crippen molar-refractivity contribution in [2.75, 3.05) is 18.0 Å². The Labute approximate surface area is 101 Å². The van der Waals surface area contributed by atoms with Gasteiger partial charge in [0, 0.05) is 19.3 Å². The minimum atomic E-state index is -0.925. The highest BCUT2D eigenvalue weighted by Gasteiger charge is 2.25. The Hall–Kier alpha value is -1.58. The molecule has 1 unspecified atom stereocenters. The van der Waals surface area contributed by atoms with Gasteiger partial charge in [0.1, 0.15) is 5.82 Å². The van der Waals surface area contributed by atoms with E-state index in [0.29, 0.717) is 5.92 Å². The summed E-state index contributed by atoms with van der Waals surface area (Å²) in [6.07, 6.45) is 2.63. The largest absolute Gasteiger partial charge is 0.478 e. The quantitative estimate of drug-likeness (QED) is 0.871. The summed E-state index contributed by atoms with van der Waals surface area (Å²) < 4.78 is 0. The lowest BCUT2D eigenvalue weighted by molar-refractivity contribution is 0.0696. The molecule has 1 atom stereocenters. The van der Waals surface area contributed by atoms with Crippen molar-refractivity contribution in [3.63, 3.8) is 0 Å². The molecule has 1 aromatic heterocycles. The molecule has 0 spiro atoms. The van der Waals surface area contributed by atoms with Gasteiger partial charge in [0.05, 0.1) is 5.56 Å². The average molecular weight is 234 g/mol. The number of rotatable bonds is 3. The monoisotopic (exact) mass is 234 g/mol. The molecule has 1 fully saturated rings. The molecule has 1 aliphatic rings. The van der Waals surface area contributed by atoms with Crippen LogP contribution in [-0.2, 0) is 0 Å². The van der Waals surface area contributed by atoms with Crippen molar-refractivity contribution in [1.29, 1.82) is 0 Å². The number of carboxylic acid groups (broad SMARTS) is 1. The van der Waals surface area contributed by atoms with Crippen LogP contribution in [-0.4, -0.2) is 29.1 Å². The van der Waals surface area contributed by atoms with Crippen LogP contribution in [0.4, 0.5) is 5.82 Å². The molecule has 4 heteroatoms. The Morgan fingerprint density at radius 3 is 2.76 bits per heavy atom. The third kappa shape index (κ3) is 2.57. The van der Waals surface area contributed by atoms with Gasteiger partial charge >= 0.3 is 5.97 Å². The number of carbonyl (C=O) groups is 1. The Morgan fingerprint density at radius 1 is 1.53 bits per heavy atom. The first-order valence-electron chi connectivity index (χ1n) is 6.02. The summed E-state index contributed by atoms with van der Waals surface area (Å²) in [5, 5.41) is 8.80. The van der Waals surface area contributed by atoms with Gasteiger partial charge in [-0.1, -0.05) is 13.8 Å². The lowest BCUT2D eigenvalue weighted by atomic mass is 9.95. The molecule has 0 radical (unpaired) electrons. The van der Waals surface area contributed by atoms with Crippen molar-refractivity contribution in [3.8, 4) is 0 Å². The van der Waals surface area contributed by atoms with Crippen LogP contribution in [0.1, 0.15) is 30.6 Å². The zero-order valence-corrected chi connectivity index (χ0v) is 10.3. The molecule has 1 aliphatic heterocycles. The molecule has 2 heterocycles. The number of nitrogens with zero attached hydrogens (tertiary/aromatic N) is 2. The Morgan fingerprint density at radius 2 is 2.29 bits per heavy atom. The van der Waals surface area contributed by atoms with E-state index in [-0.39, 0.29) is 5.56 Å². The predicted molar refractivity (Wildman–Crippen MR) is 66.4 cm³/mol. The van der Waals surface area contributed by atoms with E-state index >= 15 is 0 Å². The smallest absolute Gasteiger partial charge is 0.337 e. The van der Waals surface area contributed by atoms with Crippen LogP contribution in [0.3, 0.4) is 0 Å². The van der Waals surface area contributed by atoms with Gasteiger partial charge in [-0.15, -0.1) is 0 Å². The second-order valence-electron chi connectivity index (χ2n) is 4.95. The molecule has 92 valence electrons. The van der Waals surface area contributed by atoms with Gasteiger partial charge in [0.25, 0.3) is 0 Å². The topological polar surface area (TPSA) is 53.4 Å². The molecule has 1 aromatic rings. The Balaban J connectivity index is 2.06. The van der Waals surface area contributed by atoms with Crippen molar-refractivity contribution in [2.24, 2.45) is 11.8 Å². The van der Waals surface area contributed by atoms with Crippen LogP contribution in [0.15, 0.2) is 18.3 Å². The molecule has 2 rings (SSSR count). The number of aromatic carboxylic acids is 1. The molecule has 0 amide bonds. The maximum atomic E-state index is 10.7. The number of pyridine rings is 1. The van der Waals surface area contributed by atoms with Gasteiger partial charge in [-0.25, -0.2) is 9.78 Å². The van der Waals surface area contributed by atoms with Gasteiger partial charge in [0.2, 0.25) is 0 Å². The third-order valence-corrected chi connectivity index (χ3v) is 3.49. The Bertz CT molecular complexity index is 400. The van der Waals surface area contributed by atoms with E-state index in [1.54, 1.807) is 12.1 Å². The van der Waals surface area contributed by atoms with Gasteiger partial charge in [-0.2, -0.15) is 0 Å².